The van der Waals surface area contributed by atoms with E-state index in [9.17, 15) is 9.18 Å². The van der Waals surface area contributed by atoms with Crippen LogP contribution in [-0.2, 0) is 0 Å². The summed E-state index contributed by atoms with van der Waals surface area (Å²) in [5.74, 6) is -0.303. The minimum absolute atomic E-state index is 0.0370. The van der Waals surface area contributed by atoms with Crippen molar-refractivity contribution in [3.05, 3.63) is 35.6 Å². The Morgan fingerprint density at radius 3 is 2.70 bits per heavy atom. The van der Waals surface area contributed by atoms with Gasteiger partial charge in [0.2, 0.25) is 0 Å². The van der Waals surface area contributed by atoms with Crippen LogP contribution in [-0.4, -0.2) is 30.3 Å². The van der Waals surface area contributed by atoms with Gasteiger partial charge in [-0.2, -0.15) is 0 Å². The number of ketones is 1. The monoisotopic (exact) mass is 277 g/mol. The van der Waals surface area contributed by atoms with Crippen molar-refractivity contribution in [3.8, 4) is 0 Å². The van der Waals surface area contributed by atoms with Crippen LogP contribution in [0.3, 0.4) is 0 Å². The maximum absolute atomic E-state index is 13.1. The lowest BCUT2D eigenvalue weighted by Gasteiger charge is -2.26. The molecule has 1 saturated heterocycles. The molecule has 1 aromatic rings. The van der Waals surface area contributed by atoms with Gasteiger partial charge < -0.3 is 4.90 Å². The van der Waals surface area contributed by atoms with E-state index < -0.39 is 0 Å². The lowest BCUT2D eigenvalue weighted by Crippen LogP contribution is -2.28. The van der Waals surface area contributed by atoms with Crippen molar-refractivity contribution in [2.24, 2.45) is 5.41 Å². The summed E-state index contributed by atoms with van der Waals surface area (Å²) in [4.78, 5) is 14.4. The Kier molecular flexibility index (Phi) is 4.92. The number of Topliss-reactive ketones (excluding diaryl/α,β-unsaturated/α-hetero) is 1. The summed E-state index contributed by atoms with van der Waals surface area (Å²) in [6, 6.07) is 5.98. The lowest BCUT2D eigenvalue weighted by molar-refractivity contribution is 0.0965. The molecule has 2 rings (SSSR count). The Morgan fingerprint density at radius 2 is 2.10 bits per heavy atom. The summed E-state index contributed by atoms with van der Waals surface area (Å²) >= 11 is 0. The van der Waals surface area contributed by atoms with Crippen LogP contribution in [0.2, 0.25) is 0 Å². The predicted octanol–water partition coefficient (Wildman–Crippen LogP) is 3.91. The van der Waals surface area contributed by atoms with E-state index in [1.807, 2.05) is 0 Å². The van der Waals surface area contributed by atoms with Gasteiger partial charge in [0.05, 0.1) is 0 Å². The zero-order valence-corrected chi connectivity index (χ0v) is 12.5. The van der Waals surface area contributed by atoms with Gasteiger partial charge in [-0.25, -0.2) is 4.39 Å². The summed E-state index contributed by atoms with van der Waals surface area (Å²) in [7, 11) is 0. The minimum atomic E-state index is -0.340. The first-order valence-electron chi connectivity index (χ1n) is 7.60. The molecular formula is C17H24FNO. The summed E-state index contributed by atoms with van der Waals surface area (Å²) in [6.45, 7) is 7.47. The molecule has 1 fully saturated rings. The molecular weight excluding hydrogens is 253 g/mol. The van der Waals surface area contributed by atoms with Gasteiger partial charge in [0, 0.05) is 25.1 Å². The fourth-order valence-electron chi connectivity index (χ4n) is 3.11. The van der Waals surface area contributed by atoms with Crippen molar-refractivity contribution < 1.29 is 9.18 Å². The van der Waals surface area contributed by atoms with Crippen LogP contribution < -0.4 is 0 Å². The molecule has 1 aromatic carbocycles. The van der Waals surface area contributed by atoms with Gasteiger partial charge in [-0.15, -0.1) is 0 Å². The third-order valence-corrected chi connectivity index (χ3v) is 4.82. The Bertz CT molecular complexity index is 468. The van der Waals surface area contributed by atoms with Crippen LogP contribution >= 0.6 is 0 Å². The summed E-state index contributed by atoms with van der Waals surface area (Å²) in [5.41, 5.74) is 0.934. The molecule has 0 bridgehead atoms. The van der Waals surface area contributed by atoms with E-state index in [2.05, 4.69) is 18.7 Å². The second-order valence-corrected chi connectivity index (χ2v) is 5.92. The molecule has 0 aromatic heterocycles. The Balaban J connectivity index is 1.86. The smallest absolute Gasteiger partial charge is 0.164 e. The highest BCUT2D eigenvalue weighted by Crippen LogP contribution is 2.36. The second kappa shape index (κ2) is 6.49. The van der Waals surface area contributed by atoms with Crippen LogP contribution in [0.5, 0.6) is 0 Å². The third kappa shape index (κ3) is 3.45. The van der Waals surface area contributed by atoms with Gasteiger partial charge >= 0.3 is 0 Å². The first kappa shape index (κ1) is 15.2. The Labute approximate surface area is 121 Å². The average Bonchev–Trinajstić information content (AvgIpc) is 2.89. The average molecular weight is 277 g/mol. The number of carbonyl (C=O) groups excluding carboxylic acids is 1. The van der Waals surface area contributed by atoms with Gasteiger partial charge in [0.1, 0.15) is 5.82 Å². The molecule has 0 amide bonds. The summed E-state index contributed by atoms with van der Waals surface area (Å²) in [6.07, 6.45) is 4.12. The number of hydrogen-bond donors (Lipinski definition) is 0. The van der Waals surface area contributed by atoms with Crippen LogP contribution in [0.4, 0.5) is 4.39 Å². The third-order valence-electron chi connectivity index (χ3n) is 4.82. The normalized spacial score (nSPS) is 18.4. The van der Waals surface area contributed by atoms with Crippen LogP contribution in [0.15, 0.2) is 24.3 Å². The van der Waals surface area contributed by atoms with Crippen LogP contribution in [0.1, 0.15) is 49.9 Å². The molecule has 0 unspecified atom stereocenters. The number of likely N-dealkylation sites (tertiary alicyclic amines) is 1. The SMILES string of the molecule is CCC1(CC)CCN(CCC(=O)c2cccc(F)c2)C1. The van der Waals surface area contributed by atoms with Crippen molar-refractivity contribution >= 4 is 5.78 Å². The van der Waals surface area contributed by atoms with Crippen molar-refractivity contribution in [2.75, 3.05) is 19.6 Å². The molecule has 0 aliphatic carbocycles. The fourth-order valence-corrected chi connectivity index (χ4v) is 3.11. The predicted molar refractivity (Wildman–Crippen MR) is 79.4 cm³/mol. The van der Waals surface area contributed by atoms with E-state index in [-0.39, 0.29) is 11.6 Å². The minimum Gasteiger partial charge on any atom is -0.302 e. The molecule has 2 nitrogen and oxygen atoms in total. The van der Waals surface area contributed by atoms with E-state index in [1.54, 1.807) is 12.1 Å². The summed E-state index contributed by atoms with van der Waals surface area (Å²) in [5, 5.41) is 0. The summed E-state index contributed by atoms with van der Waals surface area (Å²) < 4.78 is 13.1. The molecule has 0 N–H and O–H groups in total. The Morgan fingerprint density at radius 1 is 1.35 bits per heavy atom. The fraction of sp³-hybridized carbons (Fsp3) is 0.588. The largest absolute Gasteiger partial charge is 0.302 e. The van der Waals surface area contributed by atoms with Gasteiger partial charge in [0.25, 0.3) is 0 Å². The standard InChI is InChI=1S/C17H24FNO/c1-3-17(4-2)9-11-19(13-17)10-8-16(20)14-6-5-7-15(18)12-14/h5-7,12H,3-4,8-11,13H2,1-2H3. The number of rotatable bonds is 6. The van der Waals surface area contributed by atoms with Crippen molar-refractivity contribution in [3.63, 3.8) is 0 Å². The zero-order valence-electron chi connectivity index (χ0n) is 12.5. The van der Waals surface area contributed by atoms with Crippen molar-refractivity contribution in [1.29, 1.82) is 0 Å². The van der Waals surface area contributed by atoms with Crippen molar-refractivity contribution in [1.82, 2.24) is 4.90 Å². The topological polar surface area (TPSA) is 20.3 Å². The molecule has 1 heterocycles. The highest BCUT2D eigenvalue weighted by atomic mass is 19.1. The van der Waals surface area contributed by atoms with E-state index in [1.165, 1.54) is 31.4 Å². The number of nitrogens with zero attached hydrogens (tertiary/aromatic N) is 1. The Hall–Kier alpha value is -1.22. The molecule has 1 aliphatic heterocycles. The lowest BCUT2D eigenvalue weighted by atomic mass is 9.82. The molecule has 3 heteroatoms. The first-order chi connectivity index (χ1) is 9.58. The number of carbonyl (C=O) groups is 1. The van der Waals surface area contributed by atoms with Crippen LogP contribution in [0, 0.1) is 11.2 Å². The van der Waals surface area contributed by atoms with Crippen LogP contribution in [0.25, 0.3) is 0 Å². The molecule has 0 atom stereocenters. The highest BCUT2D eigenvalue weighted by Gasteiger charge is 2.34. The quantitative estimate of drug-likeness (QED) is 0.735. The van der Waals surface area contributed by atoms with Gasteiger partial charge in [-0.1, -0.05) is 26.0 Å². The molecule has 0 radical (unpaired) electrons. The second-order valence-electron chi connectivity index (χ2n) is 5.92. The molecule has 1 aliphatic rings. The number of halogens is 1. The number of benzene rings is 1. The molecule has 0 spiro atoms. The number of hydrogen-bond acceptors (Lipinski definition) is 2. The van der Waals surface area contributed by atoms with E-state index in [0.717, 1.165) is 19.6 Å². The maximum atomic E-state index is 13.1. The molecule has 110 valence electrons. The zero-order chi connectivity index (χ0) is 14.6. The molecule has 20 heavy (non-hydrogen) atoms. The first-order valence-corrected chi connectivity index (χ1v) is 7.60. The van der Waals surface area contributed by atoms with Gasteiger partial charge in [-0.05, 0) is 43.4 Å². The van der Waals surface area contributed by atoms with E-state index >= 15 is 0 Å². The van der Waals surface area contributed by atoms with Gasteiger partial charge in [0.15, 0.2) is 5.78 Å². The van der Waals surface area contributed by atoms with Crippen molar-refractivity contribution in [2.45, 2.75) is 39.5 Å². The van der Waals surface area contributed by atoms with E-state index in [4.69, 9.17) is 0 Å². The van der Waals surface area contributed by atoms with E-state index in [0.29, 0.717) is 17.4 Å². The highest BCUT2D eigenvalue weighted by molar-refractivity contribution is 5.96. The van der Waals surface area contributed by atoms with Gasteiger partial charge in [-0.3, -0.25) is 4.79 Å². The molecule has 0 saturated carbocycles. The maximum Gasteiger partial charge on any atom is 0.164 e.